The molecule has 0 spiro atoms. The molecular formula is C15H22N2O4S. The van der Waals surface area contributed by atoms with Gasteiger partial charge in [0.25, 0.3) is 0 Å². The van der Waals surface area contributed by atoms with Crippen molar-refractivity contribution in [2.24, 2.45) is 0 Å². The van der Waals surface area contributed by atoms with Gasteiger partial charge in [-0.1, -0.05) is 30.3 Å². The van der Waals surface area contributed by atoms with Crippen molar-refractivity contribution in [1.29, 1.82) is 0 Å². The van der Waals surface area contributed by atoms with Gasteiger partial charge in [-0.3, -0.25) is 4.79 Å². The minimum atomic E-state index is -3.49. The average molecular weight is 326 g/mol. The standard InChI is InChI=1S/C15H22N2O4S/c1-17(22(2,19)20)14(12-7-4-3-5-8-12)15(18)16-11-13-9-6-10-21-13/h3-5,7-8,13-14H,6,9-11H2,1-2H3,(H,16,18). The van der Waals surface area contributed by atoms with E-state index in [4.69, 9.17) is 4.74 Å². The third-order valence-electron chi connectivity index (χ3n) is 3.78. The zero-order chi connectivity index (χ0) is 16.2. The lowest BCUT2D eigenvalue weighted by Crippen LogP contribution is -2.43. The van der Waals surface area contributed by atoms with Crippen LogP contribution in [0.1, 0.15) is 24.4 Å². The van der Waals surface area contributed by atoms with Gasteiger partial charge in [0.15, 0.2) is 0 Å². The average Bonchev–Trinajstić information content (AvgIpc) is 2.99. The highest BCUT2D eigenvalue weighted by Crippen LogP contribution is 2.22. The van der Waals surface area contributed by atoms with Gasteiger partial charge in [-0.25, -0.2) is 8.42 Å². The largest absolute Gasteiger partial charge is 0.376 e. The van der Waals surface area contributed by atoms with Crippen molar-refractivity contribution < 1.29 is 17.9 Å². The Kier molecular flexibility index (Phi) is 5.55. The Labute approximate surface area is 131 Å². The minimum Gasteiger partial charge on any atom is -0.376 e. The molecule has 1 aromatic carbocycles. The molecule has 2 atom stereocenters. The van der Waals surface area contributed by atoms with Crippen molar-refractivity contribution in [3.8, 4) is 0 Å². The number of nitrogens with zero attached hydrogens (tertiary/aromatic N) is 1. The van der Waals surface area contributed by atoms with Gasteiger partial charge >= 0.3 is 0 Å². The second-order valence-electron chi connectivity index (χ2n) is 5.47. The van der Waals surface area contributed by atoms with Crippen LogP contribution in [0.25, 0.3) is 0 Å². The van der Waals surface area contributed by atoms with Crippen LogP contribution in [-0.4, -0.2) is 51.2 Å². The number of likely N-dealkylation sites (N-methyl/N-ethyl adjacent to an activating group) is 1. The molecule has 0 bridgehead atoms. The monoisotopic (exact) mass is 326 g/mol. The van der Waals surface area contributed by atoms with E-state index in [1.807, 2.05) is 6.07 Å². The smallest absolute Gasteiger partial charge is 0.243 e. The molecule has 1 saturated heterocycles. The normalized spacial score (nSPS) is 20.0. The van der Waals surface area contributed by atoms with E-state index in [0.717, 1.165) is 23.4 Å². The Morgan fingerprint density at radius 2 is 2.09 bits per heavy atom. The van der Waals surface area contributed by atoms with E-state index in [0.29, 0.717) is 18.7 Å². The number of ether oxygens (including phenoxy) is 1. The molecule has 1 aliphatic heterocycles. The van der Waals surface area contributed by atoms with Crippen LogP contribution in [0.2, 0.25) is 0 Å². The summed E-state index contributed by atoms with van der Waals surface area (Å²) in [7, 11) is -2.08. The Bertz CT molecular complexity index is 597. The van der Waals surface area contributed by atoms with Crippen LogP contribution in [0.5, 0.6) is 0 Å². The van der Waals surface area contributed by atoms with E-state index in [1.54, 1.807) is 24.3 Å². The Morgan fingerprint density at radius 3 is 2.64 bits per heavy atom. The first-order chi connectivity index (χ1) is 10.4. The number of carbonyl (C=O) groups excluding carboxylic acids is 1. The van der Waals surface area contributed by atoms with Gasteiger partial charge < -0.3 is 10.1 Å². The van der Waals surface area contributed by atoms with E-state index >= 15 is 0 Å². The summed E-state index contributed by atoms with van der Waals surface area (Å²) < 4.78 is 30.2. The van der Waals surface area contributed by atoms with E-state index in [-0.39, 0.29) is 12.0 Å². The maximum Gasteiger partial charge on any atom is 0.243 e. The minimum absolute atomic E-state index is 0.0175. The molecule has 1 aromatic rings. The highest BCUT2D eigenvalue weighted by atomic mass is 32.2. The van der Waals surface area contributed by atoms with Crippen molar-refractivity contribution >= 4 is 15.9 Å². The van der Waals surface area contributed by atoms with Gasteiger partial charge in [-0.05, 0) is 18.4 Å². The molecule has 1 N–H and O–H groups in total. The Hall–Kier alpha value is -1.44. The number of benzene rings is 1. The number of hydrogen-bond donors (Lipinski definition) is 1. The fourth-order valence-electron chi connectivity index (χ4n) is 2.47. The first-order valence-electron chi connectivity index (χ1n) is 7.27. The van der Waals surface area contributed by atoms with Gasteiger partial charge in [-0.2, -0.15) is 4.31 Å². The maximum atomic E-state index is 12.5. The van der Waals surface area contributed by atoms with Gasteiger partial charge in [0.2, 0.25) is 15.9 Å². The molecule has 1 amide bonds. The van der Waals surface area contributed by atoms with Crippen LogP contribution in [-0.2, 0) is 19.6 Å². The highest BCUT2D eigenvalue weighted by Gasteiger charge is 2.31. The van der Waals surface area contributed by atoms with E-state index in [1.165, 1.54) is 7.05 Å². The van der Waals surface area contributed by atoms with Gasteiger partial charge in [0.1, 0.15) is 6.04 Å². The molecule has 7 heteroatoms. The zero-order valence-corrected chi connectivity index (χ0v) is 13.7. The quantitative estimate of drug-likeness (QED) is 0.843. The summed E-state index contributed by atoms with van der Waals surface area (Å²) in [5.74, 6) is -0.338. The van der Waals surface area contributed by atoms with Crippen LogP contribution in [0, 0.1) is 0 Å². The first-order valence-corrected chi connectivity index (χ1v) is 9.11. The van der Waals surface area contributed by atoms with Crippen LogP contribution in [0.3, 0.4) is 0 Å². The number of sulfonamides is 1. The molecule has 1 heterocycles. The van der Waals surface area contributed by atoms with Crippen molar-refractivity contribution in [2.75, 3.05) is 26.5 Å². The van der Waals surface area contributed by atoms with Crippen LogP contribution in [0.4, 0.5) is 0 Å². The van der Waals surface area contributed by atoms with Crippen molar-refractivity contribution in [3.05, 3.63) is 35.9 Å². The Balaban J connectivity index is 2.14. The fourth-order valence-corrected chi connectivity index (χ4v) is 3.07. The van der Waals surface area contributed by atoms with E-state index in [9.17, 15) is 13.2 Å². The van der Waals surface area contributed by atoms with E-state index in [2.05, 4.69) is 5.32 Å². The summed E-state index contributed by atoms with van der Waals surface area (Å²) in [6.45, 7) is 1.12. The molecule has 1 fully saturated rings. The lowest BCUT2D eigenvalue weighted by atomic mass is 10.1. The number of rotatable bonds is 6. The zero-order valence-electron chi connectivity index (χ0n) is 12.9. The third-order valence-corrected chi connectivity index (χ3v) is 5.04. The molecular weight excluding hydrogens is 304 g/mol. The van der Waals surface area contributed by atoms with Gasteiger partial charge in [0.05, 0.1) is 12.4 Å². The third kappa shape index (κ3) is 4.28. The number of amides is 1. The van der Waals surface area contributed by atoms with Crippen LogP contribution < -0.4 is 5.32 Å². The lowest BCUT2D eigenvalue weighted by Gasteiger charge is -2.26. The topological polar surface area (TPSA) is 75.7 Å². The van der Waals surface area contributed by atoms with Crippen molar-refractivity contribution in [3.63, 3.8) is 0 Å². The first kappa shape index (κ1) is 16.9. The number of hydrogen-bond acceptors (Lipinski definition) is 4. The molecule has 1 aliphatic rings. The molecule has 6 nitrogen and oxygen atoms in total. The summed E-state index contributed by atoms with van der Waals surface area (Å²) in [6, 6.07) is 8.01. The maximum absolute atomic E-state index is 12.5. The molecule has 2 unspecified atom stereocenters. The second kappa shape index (κ2) is 7.21. The van der Waals surface area contributed by atoms with Gasteiger partial charge in [-0.15, -0.1) is 0 Å². The SMILES string of the molecule is CN(C(C(=O)NCC1CCCO1)c1ccccc1)S(C)(=O)=O. The predicted octanol–water partition coefficient (Wildman–Crippen LogP) is 0.914. The predicted molar refractivity (Wildman–Crippen MR) is 83.8 cm³/mol. The van der Waals surface area contributed by atoms with Crippen LogP contribution >= 0.6 is 0 Å². The fraction of sp³-hybridized carbons (Fsp3) is 0.533. The highest BCUT2D eigenvalue weighted by molar-refractivity contribution is 7.88. The number of carbonyl (C=O) groups is 1. The van der Waals surface area contributed by atoms with Crippen LogP contribution in [0.15, 0.2) is 30.3 Å². The molecule has 2 rings (SSSR count). The summed E-state index contributed by atoms with van der Waals surface area (Å²) in [4.78, 5) is 12.5. The van der Waals surface area contributed by atoms with E-state index < -0.39 is 16.1 Å². The lowest BCUT2D eigenvalue weighted by molar-refractivity contribution is -0.125. The molecule has 22 heavy (non-hydrogen) atoms. The molecule has 0 saturated carbocycles. The van der Waals surface area contributed by atoms with Crippen molar-refractivity contribution in [1.82, 2.24) is 9.62 Å². The number of nitrogens with one attached hydrogen (secondary N) is 1. The molecule has 122 valence electrons. The molecule has 0 aliphatic carbocycles. The molecule has 0 aromatic heterocycles. The summed E-state index contributed by atoms with van der Waals surface area (Å²) >= 11 is 0. The van der Waals surface area contributed by atoms with Crippen molar-refractivity contribution in [2.45, 2.75) is 25.0 Å². The van der Waals surface area contributed by atoms with Gasteiger partial charge in [0, 0.05) is 20.2 Å². The molecule has 0 radical (unpaired) electrons. The Morgan fingerprint density at radius 1 is 1.41 bits per heavy atom. The second-order valence-corrected chi connectivity index (χ2v) is 7.51. The summed E-state index contributed by atoms with van der Waals surface area (Å²) in [5, 5.41) is 2.81. The summed E-state index contributed by atoms with van der Waals surface area (Å²) in [5.41, 5.74) is 0.639. The summed E-state index contributed by atoms with van der Waals surface area (Å²) in [6.07, 6.45) is 3.02.